The SMILES string of the molecule is CNCc1cc(S(=O)(=O)NCC(C)C2CC2)cc(C)c1F. The molecular weight excluding hydrogens is 291 g/mol. The molecule has 0 spiro atoms. The first-order valence-corrected chi connectivity index (χ1v) is 8.76. The third kappa shape index (κ3) is 4.02. The zero-order chi connectivity index (χ0) is 15.6. The molecule has 4 nitrogen and oxygen atoms in total. The first-order valence-electron chi connectivity index (χ1n) is 7.28. The molecule has 1 fully saturated rings. The molecular formula is C15H23FN2O2S. The molecule has 0 heterocycles. The van der Waals surface area contributed by atoms with Gasteiger partial charge in [-0.1, -0.05) is 6.92 Å². The highest BCUT2D eigenvalue weighted by Gasteiger charge is 2.29. The van der Waals surface area contributed by atoms with Gasteiger partial charge in [0.25, 0.3) is 0 Å². The van der Waals surface area contributed by atoms with E-state index < -0.39 is 10.0 Å². The molecule has 2 N–H and O–H groups in total. The maximum Gasteiger partial charge on any atom is 0.240 e. The third-order valence-corrected chi connectivity index (χ3v) is 5.41. The van der Waals surface area contributed by atoms with E-state index in [-0.39, 0.29) is 10.7 Å². The van der Waals surface area contributed by atoms with Gasteiger partial charge in [-0.2, -0.15) is 0 Å². The van der Waals surface area contributed by atoms with Crippen LogP contribution < -0.4 is 10.0 Å². The van der Waals surface area contributed by atoms with Crippen molar-refractivity contribution >= 4 is 10.0 Å². The Labute approximate surface area is 126 Å². The predicted octanol–water partition coefficient (Wildman–Crippen LogP) is 2.18. The molecule has 1 aliphatic carbocycles. The number of hydrogen-bond acceptors (Lipinski definition) is 3. The summed E-state index contributed by atoms with van der Waals surface area (Å²) in [5, 5.41) is 2.85. The molecule has 1 unspecified atom stereocenters. The van der Waals surface area contributed by atoms with Gasteiger partial charge >= 0.3 is 0 Å². The van der Waals surface area contributed by atoms with Gasteiger partial charge in [0, 0.05) is 18.7 Å². The Hall–Kier alpha value is -0.980. The van der Waals surface area contributed by atoms with Crippen molar-refractivity contribution in [2.75, 3.05) is 13.6 Å². The van der Waals surface area contributed by atoms with E-state index in [1.807, 2.05) is 0 Å². The summed E-state index contributed by atoms with van der Waals surface area (Å²) in [7, 11) is -1.89. The molecule has 1 aliphatic rings. The van der Waals surface area contributed by atoms with Crippen LogP contribution >= 0.6 is 0 Å². The first-order chi connectivity index (χ1) is 9.85. The molecule has 6 heteroatoms. The number of benzene rings is 1. The third-order valence-electron chi connectivity index (χ3n) is 4.00. The lowest BCUT2D eigenvalue weighted by Gasteiger charge is -2.14. The molecule has 2 rings (SSSR count). The predicted molar refractivity (Wildman–Crippen MR) is 81.0 cm³/mol. The minimum Gasteiger partial charge on any atom is -0.316 e. The molecule has 0 aliphatic heterocycles. The Morgan fingerprint density at radius 3 is 2.62 bits per heavy atom. The van der Waals surface area contributed by atoms with Crippen LogP contribution in [0.15, 0.2) is 17.0 Å². The van der Waals surface area contributed by atoms with Crippen molar-refractivity contribution in [3.05, 3.63) is 29.1 Å². The van der Waals surface area contributed by atoms with Crippen LogP contribution in [0.25, 0.3) is 0 Å². The lowest BCUT2D eigenvalue weighted by atomic mass is 10.1. The standard InChI is InChI=1S/C15H23FN2O2S/c1-10-6-14(7-13(9-17-3)15(10)16)21(19,20)18-8-11(2)12-4-5-12/h6-7,11-12,17-18H,4-5,8-9H2,1-3H3. The molecule has 0 bridgehead atoms. The van der Waals surface area contributed by atoms with Crippen molar-refractivity contribution < 1.29 is 12.8 Å². The zero-order valence-corrected chi connectivity index (χ0v) is 13.6. The van der Waals surface area contributed by atoms with Crippen LogP contribution in [0.2, 0.25) is 0 Å². The molecule has 1 atom stereocenters. The summed E-state index contributed by atoms with van der Waals surface area (Å²) in [5.41, 5.74) is 0.714. The fourth-order valence-corrected chi connectivity index (χ4v) is 3.72. The van der Waals surface area contributed by atoms with Gasteiger partial charge in [0.1, 0.15) is 5.82 Å². The maximum atomic E-state index is 13.9. The molecule has 0 amide bonds. The minimum absolute atomic E-state index is 0.134. The summed E-state index contributed by atoms with van der Waals surface area (Å²) in [6.45, 7) is 4.38. The summed E-state index contributed by atoms with van der Waals surface area (Å²) < 4.78 is 41.3. The van der Waals surface area contributed by atoms with Crippen molar-refractivity contribution in [2.45, 2.75) is 38.1 Å². The quantitative estimate of drug-likeness (QED) is 0.811. The Balaban J connectivity index is 2.18. The fraction of sp³-hybridized carbons (Fsp3) is 0.600. The van der Waals surface area contributed by atoms with Crippen LogP contribution in [0, 0.1) is 24.6 Å². The summed E-state index contributed by atoms with van der Waals surface area (Å²) in [5.74, 6) is 0.634. The van der Waals surface area contributed by atoms with Crippen LogP contribution in [-0.4, -0.2) is 22.0 Å². The second kappa shape index (κ2) is 6.42. The minimum atomic E-state index is -3.59. The largest absolute Gasteiger partial charge is 0.316 e. The summed E-state index contributed by atoms with van der Waals surface area (Å²) in [4.78, 5) is 0.134. The van der Waals surface area contributed by atoms with Crippen molar-refractivity contribution in [1.82, 2.24) is 10.0 Å². The Bertz CT molecular complexity index is 612. The van der Waals surface area contributed by atoms with Crippen molar-refractivity contribution in [1.29, 1.82) is 0 Å². The molecule has 0 radical (unpaired) electrons. The van der Waals surface area contributed by atoms with Crippen LogP contribution in [0.1, 0.15) is 30.9 Å². The lowest BCUT2D eigenvalue weighted by molar-refractivity contribution is 0.491. The van der Waals surface area contributed by atoms with E-state index in [0.717, 1.165) is 0 Å². The van der Waals surface area contributed by atoms with Gasteiger partial charge in [-0.25, -0.2) is 17.5 Å². The monoisotopic (exact) mass is 314 g/mol. The number of nitrogens with one attached hydrogen (secondary N) is 2. The molecule has 1 aromatic rings. The van der Waals surface area contributed by atoms with E-state index >= 15 is 0 Å². The van der Waals surface area contributed by atoms with Gasteiger partial charge in [0.15, 0.2) is 0 Å². The molecule has 0 aromatic heterocycles. The highest BCUT2D eigenvalue weighted by molar-refractivity contribution is 7.89. The highest BCUT2D eigenvalue weighted by atomic mass is 32.2. The van der Waals surface area contributed by atoms with E-state index in [1.54, 1.807) is 14.0 Å². The second-order valence-electron chi connectivity index (χ2n) is 5.91. The van der Waals surface area contributed by atoms with E-state index in [4.69, 9.17) is 0 Å². The molecule has 0 saturated heterocycles. The Morgan fingerprint density at radius 2 is 2.05 bits per heavy atom. The van der Waals surface area contributed by atoms with Gasteiger partial charge in [0.05, 0.1) is 4.90 Å². The van der Waals surface area contributed by atoms with Crippen molar-refractivity contribution in [3.8, 4) is 0 Å². The topological polar surface area (TPSA) is 58.2 Å². The number of hydrogen-bond donors (Lipinski definition) is 2. The van der Waals surface area contributed by atoms with E-state index in [9.17, 15) is 12.8 Å². The normalized spacial score (nSPS) is 17.0. The lowest BCUT2D eigenvalue weighted by Crippen LogP contribution is -2.29. The van der Waals surface area contributed by atoms with Crippen molar-refractivity contribution in [2.24, 2.45) is 11.8 Å². The second-order valence-corrected chi connectivity index (χ2v) is 7.68. The molecule has 1 aromatic carbocycles. The summed E-state index contributed by atoms with van der Waals surface area (Å²) >= 11 is 0. The first kappa shape index (κ1) is 16.4. The molecule has 118 valence electrons. The van der Waals surface area contributed by atoms with Crippen LogP contribution in [-0.2, 0) is 16.6 Å². The van der Waals surface area contributed by atoms with E-state index in [2.05, 4.69) is 17.0 Å². The highest BCUT2D eigenvalue weighted by Crippen LogP contribution is 2.36. The van der Waals surface area contributed by atoms with Gasteiger partial charge in [0.2, 0.25) is 10.0 Å². The number of halogens is 1. The van der Waals surface area contributed by atoms with Crippen LogP contribution in [0.4, 0.5) is 4.39 Å². The Kier molecular flexibility index (Phi) is 5.01. The number of sulfonamides is 1. The maximum absolute atomic E-state index is 13.9. The van der Waals surface area contributed by atoms with Gasteiger partial charge in [-0.05, 0) is 56.3 Å². The average molecular weight is 314 g/mol. The van der Waals surface area contributed by atoms with Gasteiger partial charge < -0.3 is 5.32 Å². The molecule has 1 saturated carbocycles. The summed E-state index contributed by atoms with van der Waals surface area (Å²) in [6.07, 6.45) is 2.37. The van der Waals surface area contributed by atoms with Gasteiger partial charge in [-0.15, -0.1) is 0 Å². The Morgan fingerprint density at radius 1 is 1.38 bits per heavy atom. The van der Waals surface area contributed by atoms with Crippen molar-refractivity contribution in [3.63, 3.8) is 0 Å². The smallest absolute Gasteiger partial charge is 0.240 e. The fourth-order valence-electron chi connectivity index (χ4n) is 2.44. The molecule has 21 heavy (non-hydrogen) atoms. The zero-order valence-electron chi connectivity index (χ0n) is 12.7. The summed E-state index contributed by atoms with van der Waals surface area (Å²) in [6, 6.07) is 2.79. The van der Waals surface area contributed by atoms with E-state index in [1.165, 1.54) is 25.0 Å². The average Bonchev–Trinajstić information content (AvgIpc) is 3.25. The number of rotatable bonds is 7. The van der Waals surface area contributed by atoms with Crippen LogP contribution in [0.3, 0.4) is 0 Å². The van der Waals surface area contributed by atoms with Gasteiger partial charge in [-0.3, -0.25) is 0 Å². The van der Waals surface area contributed by atoms with E-state index in [0.29, 0.717) is 36.1 Å². The van der Waals surface area contributed by atoms with Crippen LogP contribution in [0.5, 0.6) is 0 Å². The number of aryl methyl sites for hydroxylation is 1.